The van der Waals surface area contributed by atoms with Gasteiger partial charge in [0.15, 0.2) is 0 Å². The highest BCUT2D eigenvalue weighted by Gasteiger charge is 2.07. The van der Waals surface area contributed by atoms with Crippen LogP contribution in [0, 0.1) is 0 Å². The van der Waals surface area contributed by atoms with E-state index in [-0.39, 0.29) is 5.91 Å². The molecule has 104 valence electrons. The molecule has 0 aliphatic rings. The Balaban J connectivity index is 2.01. The fraction of sp³-hybridized carbons (Fsp3) is 0.250. The lowest BCUT2D eigenvalue weighted by atomic mass is 10.1. The van der Waals surface area contributed by atoms with Crippen LogP contribution in [0.2, 0.25) is 0 Å². The van der Waals surface area contributed by atoms with E-state index in [0.717, 1.165) is 23.2 Å². The molecule has 0 aliphatic heterocycles. The molecule has 0 saturated carbocycles. The zero-order valence-corrected chi connectivity index (χ0v) is 11.6. The predicted molar refractivity (Wildman–Crippen MR) is 79.1 cm³/mol. The van der Waals surface area contributed by atoms with Crippen molar-refractivity contribution in [2.24, 2.45) is 5.73 Å². The van der Waals surface area contributed by atoms with E-state index in [2.05, 4.69) is 17.2 Å². The van der Waals surface area contributed by atoms with Crippen molar-refractivity contribution in [3.05, 3.63) is 65.0 Å². The number of nitrogens with two attached hydrogens (primary N) is 1. The summed E-state index contributed by atoms with van der Waals surface area (Å²) in [5.74, 6) is -0.0960. The van der Waals surface area contributed by atoms with Gasteiger partial charge in [-0.1, -0.05) is 25.1 Å². The van der Waals surface area contributed by atoms with E-state index >= 15 is 0 Å². The molecule has 0 bridgehead atoms. The van der Waals surface area contributed by atoms with Gasteiger partial charge in [0.25, 0.3) is 5.91 Å². The first-order valence-corrected chi connectivity index (χ1v) is 6.74. The van der Waals surface area contributed by atoms with E-state index in [4.69, 9.17) is 5.73 Å². The van der Waals surface area contributed by atoms with Crippen LogP contribution in [0.5, 0.6) is 0 Å². The fourth-order valence-electron chi connectivity index (χ4n) is 2.01. The quantitative estimate of drug-likeness (QED) is 0.872. The third-order valence-electron chi connectivity index (χ3n) is 3.23. The van der Waals surface area contributed by atoms with E-state index in [9.17, 15) is 4.79 Å². The number of pyridine rings is 1. The molecule has 2 rings (SSSR count). The van der Waals surface area contributed by atoms with E-state index in [0.29, 0.717) is 18.7 Å². The summed E-state index contributed by atoms with van der Waals surface area (Å²) in [5.41, 5.74) is 9.26. The van der Waals surface area contributed by atoms with Crippen molar-refractivity contribution in [1.29, 1.82) is 0 Å². The first kappa shape index (κ1) is 14.2. The van der Waals surface area contributed by atoms with Crippen LogP contribution in [0.3, 0.4) is 0 Å². The molecule has 0 saturated heterocycles. The monoisotopic (exact) mass is 269 g/mol. The number of aryl methyl sites for hydroxylation is 1. The van der Waals surface area contributed by atoms with Crippen LogP contribution in [0.15, 0.2) is 42.6 Å². The summed E-state index contributed by atoms with van der Waals surface area (Å²) >= 11 is 0. The standard InChI is InChI=1S/C16H19N3O/c1-2-13-4-3-9-18-15(13)11-19-16(20)14-7-5-12(10-17)6-8-14/h3-9H,2,10-11,17H2,1H3,(H,19,20). The summed E-state index contributed by atoms with van der Waals surface area (Å²) in [6.07, 6.45) is 2.65. The lowest BCUT2D eigenvalue weighted by Gasteiger charge is -2.08. The van der Waals surface area contributed by atoms with Crippen molar-refractivity contribution < 1.29 is 4.79 Å². The molecule has 0 unspecified atom stereocenters. The molecule has 2 aromatic rings. The van der Waals surface area contributed by atoms with Gasteiger partial charge in [-0.2, -0.15) is 0 Å². The van der Waals surface area contributed by atoms with Crippen molar-refractivity contribution in [3.63, 3.8) is 0 Å². The number of hydrogen-bond acceptors (Lipinski definition) is 3. The van der Waals surface area contributed by atoms with E-state index in [1.165, 1.54) is 0 Å². The zero-order chi connectivity index (χ0) is 14.4. The van der Waals surface area contributed by atoms with Crippen LogP contribution in [0.4, 0.5) is 0 Å². The molecule has 0 fully saturated rings. The highest BCUT2D eigenvalue weighted by molar-refractivity contribution is 5.94. The molecule has 0 aliphatic carbocycles. The van der Waals surface area contributed by atoms with Crippen molar-refractivity contribution in [1.82, 2.24) is 10.3 Å². The smallest absolute Gasteiger partial charge is 0.251 e. The Morgan fingerprint density at radius 2 is 2.00 bits per heavy atom. The van der Waals surface area contributed by atoms with E-state index in [1.54, 1.807) is 18.3 Å². The number of rotatable bonds is 5. The molecule has 0 radical (unpaired) electrons. The summed E-state index contributed by atoms with van der Waals surface area (Å²) in [6, 6.07) is 11.3. The largest absolute Gasteiger partial charge is 0.346 e. The van der Waals surface area contributed by atoms with Crippen molar-refractivity contribution in [2.75, 3.05) is 0 Å². The molecular weight excluding hydrogens is 250 g/mol. The van der Waals surface area contributed by atoms with Crippen LogP contribution >= 0.6 is 0 Å². The van der Waals surface area contributed by atoms with Crippen molar-refractivity contribution in [3.8, 4) is 0 Å². The molecule has 0 spiro atoms. The second-order valence-electron chi connectivity index (χ2n) is 4.55. The number of hydrogen-bond donors (Lipinski definition) is 2. The summed E-state index contributed by atoms with van der Waals surface area (Å²) < 4.78 is 0. The Bertz CT molecular complexity index is 579. The van der Waals surface area contributed by atoms with Gasteiger partial charge >= 0.3 is 0 Å². The summed E-state index contributed by atoms with van der Waals surface area (Å²) in [7, 11) is 0. The number of nitrogens with zero attached hydrogens (tertiary/aromatic N) is 1. The molecule has 1 aromatic heterocycles. The normalized spacial score (nSPS) is 10.3. The number of carbonyl (C=O) groups is 1. The summed E-state index contributed by atoms with van der Waals surface area (Å²) in [4.78, 5) is 16.4. The molecule has 20 heavy (non-hydrogen) atoms. The summed E-state index contributed by atoms with van der Waals surface area (Å²) in [6.45, 7) is 3.01. The molecular formula is C16H19N3O. The number of amides is 1. The topological polar surface area (TPSA) is 68.0 Å². The van der Waals surface area contributed by atoms with Crippen LogP contribution in [-0.4, -0.2) is 10.9 Å². The predicted octanol–water partition coefficient (Wildman–Crippen LogP) is 2.03. The van der Waals surface area contributed by atoms with Gasteiger partial charge < -0.3 is 11.1 Å². The molecule has 3 N–H and O–H groups in total. The van der Waals surface area contributed by atoms with Crippen LogP contribution < -0.4 is 11.1 Å². The average Bonchev–Trinajstić information content (AvgIpc) is 2.53. The first-order valence-electron chi connectivity index (χ1n) is 6.74. The highest BCUT2D eigenvalue weighted by Crippen LogP contribution is 2.07. The Morgan fingerprint density at radius 3 is 2.65 bits per heavy atom. The number of nitrogens with one attached hydrogen (secondary N) is 1. The lowest BCUT2D eigenvalue weighted by Crippen LogP contribution is -2.24. The Labute approximate surface area is 119 Å². The maximum Gasteiger partial charge on any atom is 0.251 e. The molecule has 0 atom stereocenters. The minimum Gasteiger partial charge on any atom is -0.346 e. The molecule has 4 heteroatoms. The summed E-state index contributed by atoms with van der Waals surface area (Å²) in [5, 5.41) is 2.89. The minimum absolute atomic E-state index is 0.0960. The van der Waals surface area contributed by atoms with Gasteiger partial charge in [0.1, 0.15) is 0 Å². The van der Waals surface area contributed by atoms with Crippen LogP contribution in [-0.2, 0) is 19.5 Å². The van der Waals surface area contributed by atoms with Crippen molar-refractivity contribution >= 4 is 5.91 Å². The Hall–Kier alpha value is -2.20. The maximum absolute atomic E-state index is 12.0. The van der Waals surface area contributed by atoms with Gasteiger partial charge in [0.05, 0.1) is 12.2 Å². The van der Waals surface area contributed by atoms with Crippen molar-refractivity contribution in [2.45, 2.75) is 26.4 Å². The second-order valence-corrected chi connectivity index (χ2v) is 4.55. The zero-order valence-electron chi connectivity index (χ0n) is 11.6. The first-order chi connectivity index (χ1) is 9.74. The van der Waals surface area contributed by atoms with Gasteiger partial charge in [-0.15, -0.1) is 0 Å². The minimum atomic E-state index is -0.0960. The Kier molecular flexibility index (Phi) is 4.85. The third kappa shape index (κ3) is 3.42. The number of carbonyl (C=O) groups excluding carboxylic acids is 1. The SMILES string of the molecule is CCc1cccnc1CNC(=O)c1ccc(CN)cc1. The molecule has 4 nitrogen and oxygen atoms in total. The molecule has 1 amide bonds. The maximum atomic E-state index is 12.0. The Morgan fingerprint density at radius 1 is 1.25 bits per heavy atom. The number of aromatic nitrogens is 1. The average molecular weight is 269 g/mol. The van der Waals surface area contributed by atoms with Gasteiger partial charge in [0, 0.05) is 18.3 Å². The second kappa shape index (κ2) is 6.82. The fourth-order valence-corrected chi connectivity index (χ4v) is 2.01. The van der Waals surface area contributed by atoms with Gasteiger partial charge in [-0.3, -0.25) is 9.78 Å². The van der Waals surface area contributed by atoms with Gasteiger partial charge in [-0.25, -0.2) is 0 Å². The van der Waals surface area contributed by atoms with Crippen LogP contribution in [0.25, 0.3) is 0 Å². The molecule has 1 aromatic carbocycles. The molecule has 1 heterocycles. The van der Waals surface area contributed by atoms with Gasteiger partial charge in [0.2, 0.25) is 0 Å². The van der Waals surface area contributed by atoms with Crippen LogP contribution in [0.1, 0.15) is 34.1 Å². The lowest BCUT2D eigenvalue weighted by molar-refractivity contribution is 0.0950. The third-order valence-corrected chi connectivity index (χ3v) is 3.23. The van der Waals surface area contributed by atoms with E-state index < -0.39 is 0 Å². The highest BCUT2D eigenvalue weighted by atomic mass is 16.1. The van der Waals surface area contributed by atoms with Gasteiger partial charge in [-0.05, 0) is 35.7 Å². The number of benzene rings is 1. The van der Waals surface area contributed by atoms with E-state index in [1.807, 2.05) is 24.3 Å².